The van der Waals surface area contributed by atoms with Crippen LogP contribution >= 0.6 is 11.6 Å². The van der Waals surface area contributed by atoms with Gasteiger partial charge in [0.2, 0.25) is 15.9 Å². The van der Waals surface area contributed by atoms with Crippen LogP contribution in [0.5, 0.6) is 5.75 Å². The SMILES string of the molecule is CCOc1ccc(S(=O)(=O)N2CCC[C@H](C(=O)NCCNc3ccnc4cc(Cl)ccc34)C2)cc1. The number of carbonyl (C=O) groups is 1. The fourth-order valence-corrected chi connectivity index (χ4v) is 5.89. The highest BCUT2D eigenvalue weighted by molar-refractivity contribution is 7.89. The summed E-state index contributed by atoms with van der Waals surface area (Å²) in [5, 5.41) is 7.83. The van der Waals surface area contributed by atoms with Gasteiger partial charge in [0, 0.05) is 48.5 Å². The standard InChI is InChI=1S/C25H29ClN4O4S/c1-2-34-20-6-8-21(9-7-20)35(32,33)30-15-3-4-18(17-30)25(31)29-14-13-28-23-11-12-27-24-16-19(26)5-10-22(23)24/h5-12,16,18H,2-4,13-15,17H2,1H3,(H,27,28)(H,29,31)/t18-/m0/s1. The second-order valence-corrected chi connectivity index (χ2v) is 10.7. The Labute approximate surface area is 210 Å². The number of anilines is 1. The molecule has 1 fully saturated rings. The van der Waals surface area contributed by atoms with E-state index in [1.807, 2.05) is 25.1 Å². The summed E-state index contributed by atoms with van der Waals surface area (Å²) in [7, 11) is -3.68. The summed E-state index contributed by atoms with van der Waals surface area (Å²) in [5.41, 5.74) is 1.70. The molecule has 0 spiro atoms. The van der Waals surface area contributed by atoms with Gasteiger partial charge in [-0.15, -0.1) is 0 Å². The minimum atomic E-state index is -3.68. The van der Waals surface area contributed by atoms with Gasteiger partial charge in [0.1, 0.15) is 5.75 Å². The molecule has 1 atom stereocenters. The molecule has 2 aromatic carbocycles. The molecular weight excluding hydrogens is 488 g/mol. The van der Waals surface area contributed by atoms with Crippen LogP contribution < -0.4 is 15.4 Å². The Morgan fingerprint density at radius 3 is 2.74 bits per heavy atom. The van der Waals surface area contributed by atoms with E-state index in [2.05, 4.69) is 15.6 Å². The number of pyridine rings is 1. The maximum Gasteiger partial charge on any atom is 0.243 e. The molecule has 1 aromatic heterocycles. The van der Waals surface area contributed by atoms with Crippen molar-refractivity contribution in [3.05, 3.63) is 59.8 Å². The molecule has 4 rings (SSSR count). The minimum Gasteiger partial charge on any atom is -0.494 e. The number of ether oxygens (including phenoxy) is 1. The van der Waals surface area contributed by atoms with Crippen molar-refractivity contribution < 1.29 is 17.9 Å². The average molecular weight is 517 g/mol. The smallest absolute Gasteiger partial charge is 0.243 e. The lowest BCUT2D eigenvalue weighted by atomic mass is 9.99. The van der Waals surface area contributed by atoms with Crippen LogP contribution in [0.3, 0.4) is 0 Å². The van der Waals surface area contributed by atoms with Gasteiger partial charge in [-0.1, -0.05) is 11.6 Å². The second-order valence-electron chi connectivity index (χ2n) is 8.34. The maximum absolute atomic E-state index is 13.1. The van der Waals surface area contributed by atoms with Crippen molar-refractivity contribution in [2.45, 2.75) is 24.7 Å². The zero-order valence-corrected chi connectivity index (χ0v) is 21.1. The summed E-state index contributed by atoms with van der Waals surface area (Å²) in [5.74, 6) is 0.106. The summed E-state index contributed by atoms with van der Waals surface area (Å²) in [4.78, 5) is 17.3. The van der Waals surface area contributed by atoms with E-state index < -0.39 is 10.0 Å². The van der Waals surface area contributed by atoms with Crippen LogP contribution in [0.2, 0.25) is 5.02 Å². The number of amides is 1. The van der Waals surface area contributed by atoms with Gasteiger partial charge in [-0.25, -0.2) is 8.42 Å². The van der Waals surface area contributed by atoms with Crippen molar-refractivity contribution in [2.75, 3.05) is 38.1 Å². The lowest BCUT2D eigenvalue weighted by Gasteiger charge is -2.31. The first-order valence-corrected chi connectivity index (χ1v) is 13.5. The Balaban J connectivity index is 1.31. The summed E-state index contributed by atoms with van der Waals surface area (Å²) in [6.07, 6.45) is 3.00. The lowest BCUT2D eigenvalue weighted by Crippen LogP contribution is -2.46. The van der Waals surface area contributed by atoms with Gasteiger partial charge in [-0.2, -0.15) is 4.31 Å². The Morgan fingerprint density at radius 2 is 1.97 bits per heavy atom. The maximum atomic E-state index is 13.1. The number of halogens is 1. The molecule has 3 aromatic rings. The van der Waals surface area contributed by atoms with Crippen LogP contribution in [0, 0.1) is 5.92 Å². The van der Waals surface area contributed by atoms with Gasteiger partial charge in [0.25, 0.3) is 0 Å². The average Bonchev–Trinajstić information content (AvgIpc) is 2.87. The predicted octanol–water partition coefficient (Wildman–Crippen LogP) is 3.92. The number of piperidine rings is 1. The minimum absolute atomic E-state index is 0.134. The number of benzene rings is 2. The van der Waals surface area contributed by atoms with Crippen molar-refractivity contribution in [3.63, 3.8) is 0 Å². The van der Waals surface area contributed by atoms with Gasteiger partial charge in [-0.3, -0.25) is 9.78 Å². The first-order chi connectivity index (χ1) is 16.9. The second kappa shape index (κ2) is 11.2. The topological polar surface area (TPSA) is 101 Å². The van der Waals surface area contributed by atoms with E-state index in [9.17, 15) is 13.2 Å². The monoisotopic (exact) mass is 516 g/mol. The third-order valence-electron chi connectivity index (χ3n) is 5.97. The van der Waals surface area contributed by atoms with E-state index in [1.54, 1.807) is 36.5 Å². The molecule has 0 radical (unpaired) electrons. The van der Waals surface area contributed by atoms with E-state index >= 15 is 0 Å². The number of sulfonamides is 1. The van der Waals surface area contributed by atoms with E-state index in [0.29, 0.717) is 49.9 Å². The molecule has 0 aliphatic carbocycles. The highest BCUT2D eigenvalue weighted by Gasteiger charge is 2.33. The molecule has 35 heavy (non-hydrogen) atoms. The number of carbonyl (C=O) groups excluding carboxylic acids is 1. The van der Waals surface area contributed by atoms with Crippen molar-refractivity contribution in [2.24, 2.45) is 5.92 Å². The first kappa shape index (κ1) is 25.2. The van der Waals surface area contributed by atoms with Gasteiger partial charge < -0.3 is 15.4 Å². The molecule has 2 heterocycles. The van der Waals surface area contributed by atoms with Crippen LogP contribution in [0.25, 0.3) is 10.9 Å². The van der Waals surface area contributed by atoms with Gasteiger partial charge in [0.15, 0.2) is 0 Å². The largest absolute Gasteiger partial charge is 0.494 e. The predicted molar refractivity (Wildman–Crippen MR) is 137 cm³/mol. The molecule has 0 saturated carbocycles. The molecule has 1 amide bonds. The molecule has 1 saturated heterocycles. The number of rotatable bonds is 9. The van der Waals surface area contributed by atoms with Crippen LogP contribution in [-0.4, -0.2) is 56.4 Å². The Kier molecular flexibility index (Phi) is 8.10. The normalized spacial score (nSPS) is 16.7. The molecule has 186 valence electrons. The van der Waals surface area contributed by atoms with Gasteiger partial charge in [-0.05, 0) is 68.3 Å². The number of nitrogens with one attached hydrogen (secondary N) is 2. The number of aromatic nitrogens is 1. The fourth-order valence-electron chi connectivity index (χ4n) is 4.20. The van der Waals surface area contributed by atoms with Crippen LogP contribution in [0.15, 0.2) is 59.6 Å². The molecule has 8 nitrogen and oxygen atoms in total. The highest BCUT2D eigenvalue weighted by Crippen LogP contribution is 2.26. The van der Waals surface area contributed by atoms with Crippen LogP contribution in [0.1, 0.15) is 19.8 Å². The van der Waals surface area contributed by atoms with E-state index in [0.717, 1.165) is 16.6 Å². The number of hydrogen-bond acceptors (Lipinski definition) is 6. The first-order valence-electron chi connectivity index (χ1n) is 11.7. The molecule has 10 heteroatoms. The summed E-state index contributed by atoms with van der Waals surface area (Å²) in [6.45, 7) is 3.90. The Hall–Kier alpha value is -2.88. The summed E-state index contributed by atoms with van der Waals surface area (Å²) < 4.78 is 33.0. The zero-order valence-electron chi connectivity index (χ0n) is 19.5. The molecule has 1 aliphatic heterocycles. The molecular formula is C25H29ClN4O4S. The van der Waals surface area contributed by atoms with Crippen molar-refractivity contribution in [3.8, 4) is 5.75 Å². The van der Waals surface area contributed by atoms with Crippen molar-refractivity contribution in [1.29, 1.82) is 0 Å². The third-order valence-corrected chi connectivity index (χ3v) is 8.09. The lowest BCUT2D eigenvalue weighted by molar-refractivity contribution is -0.125. The number of hydrogen-bond donors (Lipinski definition) is 2. The number of fused-ring (bicyclic) bond motifs is 1. The molecule has 0 bridgehead atoms. The summed E-state index contributed by atoms with van der Waals surface area (Å²) in [6, 6.07) is 13.8. The van der Waals surface area contributed by atoms with Crippen molar-refractivity contribution in [1.82, 2.24) is 14.6 Å². The van der Waals surface area contributed by atoms with Gasteiger partial charge in [0.05, 0.1) is 22.9 Å². The Bertz CT molecular complexity index is 1280. The van der Waals surface area contributed by atoms with Gasteiger partial charge >= 0.3 is 0 Å². The quantitative estimate of drug-likeness (QED) is 0.418. The summed E-state index contributed by atoms with van der Waals surface area (Å²) >= 11 is 6.04. The van der Waals surface area contributed by atoms with E-state index in [-0.39, 0.29) is 23.3 Å². The third kappa shape index (κ3) is 6.04. The molecule has 0 unspecified atom stereocenters. The fraction of sp³-hybridized carbons (Fsp3) is 0.360. The molecule has 1 aliphatic rings. The molecule has 2 N–H and O–H groups in total. The van der Waals surface area contributed by atoms with Crippen LogP contribution in [0.4, 0.5) is 5.69 Å². The number of nitrogens with zero attached hydrogens (tertiary/aromatic N) is 2. The van der Waals surface area contributed by atoms with E-state index in [1.165, 1.54) is 4.31 Å². The zero-order chi connectivity index (χ0) is 24.8. The van der Waals surface area contributed by atoms with Crippen molar-refractivity contribution >= 4 is 44.1 Å². The highest BCUT2D eigenvalue weighted by atomic mass is 35.5. The Morgan fingerprint density at radius 1 is 1.17 bits per heavy atom. The van der Waals surface area contributed by atoms with Crippen LogP contribution in [-0.2, 0) is 14.8 Å². The van der Waals surface area contributed by atoms with E-state index in [4.69, 9.17) is 16.3 Å².